The van der Waals surface area contributed by atoms with Crippen LogP contribution in [0.25, 0.3) is 21.9 Å². The van der Waals surface area contributed by atoms with Crippen LogP contribution in [0, 0.1) is 0 Å². The molecule has 0 bridgehead atoms. The lowest BCUT2D eigenvalue weighted by molar-refractivity contribution is 0.0433. The minimum Gasteiger partial charge on any atom is -0.493 e. The smallest absolute Gasteiger partial charge is 0.358 e. The Bertz CT molecular complexity index is 1150. The first-order valence-corrected chi connectivity index (χ1v) is 9.91. The van der Waals surface area contributed by atoms with E-state index in [0.29, 0.717) is 28.2 Å². The molecule has 0 fully saturated rings. The number of hydrogen-bond donors (Lipinski definition) is 0. The van der Waals surface area contributed by atoms with Crippen molar-refractivity contribution in [3.8, 4) is 33.4 Å². The van der Waals surface area contributed by atoms with Crippen LogP contribution in [-0.4, -0.2) is 30.2 Å². The summed E-state index contributed by atoms with van der Waals surface area (Å²) in [5, 5.41) is 2.32. The SMILES string of the molecule is COc1ccc(-c2nc(C(=O)OCc3ncc(-c4ccccc4)o3)cs2)cc1OC. The molecule has 4 rings (SSSR count). The Morgan fingerprint density at radius 1 is 1.03 bits per heavy atom. The van der Waals surface area contributed by atoms with Crippen molar-refractivity contribution in [2.24, 2.45) is 0 Å². The Labute approximate surface area is 176 Å². The molecule has 30 heavy (non-hydrogen) atoms. The number of aromatic nitrogens is 2. The lowest BCUT2D eigenvalue weighted by Crippen LogP contribution is -2.05. The van der Waals surface area contributed by atoms with Gasteiger partial charge in [0.2, 0.25) is 5.89 Å². The van der Waals surface area contributed by atoms with Gasteiger partial charge in [0, 0.05) is 16.5 Å². The fraction of sp³-hybridized carbons (Fsp3) is 0.136. The number of rotatable bonds is 7. The van der Waals surface area contributed by atoms with Crippen molar-refractivity contribution in [2.45, 2.75) is 6.61 Å². The first-order chi connectivity index (χ1) is 14.7. The number of esters is 1. The molecule has 0 atom stereocenters. The minimum absolute atomic E-state index is 0.0745. The Balaban J connectivity index is 1.42. The number of oxazole rings is 1. The number of hydrogen-bond acceptors (Lipinski definition) is 8. The van der Waals surface area contributed by atoms with E-state index in [1.54, 1.807) is 31.9 Å². The summed E-state index contributed by atoms with van der Waals surface area (Å²) in [4.78, 5) is 20.9. The van der Waals surface area contributed by atoms with Gasteiger partial charge in [-0.3, -0.25) is 0 Å². The molecule has 0 aliphatic rings. The van der Waals surface area contributed by atoms with Crippen LogP contribution in [0.4, 0.5) is 0 Å². The van der Waals surface area contributed by atoms with E-state index in [0.717, 1.165) is 11.1 Å². The molecular formula is C22H18N2O5S. The first-order valence-electron chi connectivity index (χ1n) is 9.03. The van der Waals surface area contributed by atoms with Crippen molar-refractivity contribution >= 4 is 17.3 Å². The predicted molar refractivity (Wildman–Crippen MR) is 112 cm³/mol. The summed E-state index contributed by atoms with van der Waals surface area (Å²) in [6.45, 7) is -0.0745. The zero-order valence-corrected chi connectivity index (χ0v) is 17.1. The maximum atomic E-state index is 12.4. The number of thiazole rings is 1. The van der Waals surface area contributed by atoms with E-state index in [9.17, 15) is 4.79 Å². The average Bonchev–Trinajstić information content (AvgIpc) is 3.48. The van der Waals surface area contributed by atoms with Crippen LogP contribution < -0.4 is 9.47 Å². The normalized spacial score (nSPS) is 10.6. The van der Waals surface area contributed by atoms with E-state index in [1.807, 2.05) is 42.5 Å². The van der Waals surface area contributed by atoms with Crippen molar-refractivity contribution < 1.29 is 23.4 Å². The van der Waals surface area contributed by atoms with Crippen LogP contribution in [0.3, 0.4) is 0 Å². The standard InChI is InChI=1S/C22H18N2O5S/c1-26-17-9-8-15(10-18(17)27-2)21-24-16(13-30-21)22(25)28-12-20-23-11-19(29-20)14-6-4-3-5-7-14/h3-11,13H,12H2,1-2H3. The molecule has 4 aromatic rings. The summed E-state index contributed by atoms with van der Waals surface area (Å²) in [7, 11) is 3.14. The van der Waals surface area contributed by atoms with Crippen molar-refractivity contribution in [3.05, 3.63) is 71.7 Å². The maximum absolute atomic E-state index is 12.4. The highest BCUT2D eigenvalue weighted by Gasteiger charge is 2.16. The molecular weight excluding hydrogens is 404 g/mol. The molecule has 0 spiro atoms. The largest absolute Gasteiger partial charge is 0.493 e. The van der Waals surface area contributed by atoms with Gasteiger partial charge >= 0.3 is 5.97 Å². The second kappa shape index (κ2) is 8.79. The molecule has 2 aromatic heterocycles. The third-order valence-electron chi connectivity index (χ3n) is 4.28. The van der Waals surface area contributed by atoms with Gasteiger partial charge in [-0.2, -0.15) is 0 Å². The monoisotopic (exact) mass is 422 g/mol. The first kappa shape index (κ1) is 19.7. The zero-order valence-electron chi connectivity index (χ0n) is 16.3. The average molecular weight is 422 g/mol. The molecule has 2 heterocycles. The second-order valence-corrected chi connectivity index (χ2v) is 7.03. The highest BCUT2D eigenvalue weighted by molar-refractivity contribution is 7.13. The Morgan fingerprint density at radius 3 is 2.60 bits per heavy atom. The molecule has 0 saturated carbocycles. The summed E-state index contributed by atoms with van der Waals surface area (Å²) in [6, 6.07) is 15.0. The third kappa shape index (κ3) is 4.18. The van der Waals surface area contributed by atoms with E-state index >= 15 is 0 Å². The second-order valence-electron chi connectivity index (χ2n) is 6.17. The van der Waals surface area contributed by atoms with Crippen molar-refractivity contribution in [2.75, 3.05) is 14.2 Å². The number of nitrogens with zero attached hydrogens (tertiary/aromatic N) is 2. The number of ether oxygens (including phenoxy) is 3. The molecule has 0 aliphatic carbocycles. The van der Waals surface area contributed by atoms with Gasteiger partial charge in [-0.15, -0.1) is 11.3 Å². The van der Waals surface area contributed by atoms with Crippen LogP contribution in [0.1, 0.15) is 16.4 Å². The Morgan fingerprint density at radius 2 is 1.83 bits per heavy atom. The Kier molecular flexibility index (Phi) is 5.76. The predicted octanol–water partition coefficient (Wildman–Crippen LogP) is 4.84. The highest BCUT2D eigenvalue weighted by Crippen LogP contribution is 2.33. The fourth-order valence-electron chi connectivity index (χ4n) is 2.78. The number of carbonyl (C=O) groups excluding carboxylic acids is 1. The molecule has 2 aromatic carbocycles. The number of carbonyl (C=O) groups is 1. The molecule has 0 saturated heterocycles. The van der Waals surface area contributed by atoms with Gasteiger partial charge < -0.3 is 18.6 Å². The van der Waals surface area contributed by atoms with Crippen LogP contribution in [0.2, 0.25) is 0 Å². The quantitative estimate of drug-likeness (QED) is 0.394. The van der Waals surface area contributed by atoms with Gasteiger partial charge in [-0.1, -0.05) is 30.3 Å². The van der Waals surface area contributed by atoms with Gasteiger partial charge in [0.15, 0.2) is 29.6 Å². The van der Waals surface area contributed by atoms with E-state index in [-0.39, 0.29) is 12.3 Å². The number of methoxy groups -OCH3 is 2. The van der Waals surface area contributed by atoms with E-state index in [2.05, 4.69) is 9.97 Å². The van der Waals surface area contributed by atoms with Crippen LogP contribution >= 0.6 is 11.3 Å². The molecule has 0 amide bonds. The molecule has 152 valence electrons. The Hall–Kier alpha value is -3.65. The topological polar surface area (TPSA) is 83.7 Å². The van der Waals surface area contributed by atoms with Crippen molar-refractivity contribution in [3.63, 3.8) is 0 Å². The van der Waals surface area contributed by atoms with Gasteiger partial charge in [0.05, 0.1) is 20.4 Å². The summed E-state index contributed by atoms with van der Waals surface area (Å²) >= 11 is 1.34. The van der Waals surface area contributed by atoms with Gasteiger partial charge in [-0.25, -0.2) is 14.8 Å². The van der Waals surface area contributed by atoms with Gasteiger partial charge in [0.1, 0.15) is 5.01 Å². The van der Waals surface area contributed by atoms with Crippen LogP contribution in [0.5, 0.6) is 11.5 Å². The van der Waals surface area contributed by atoms with E-state index in [1.165, 1.54) is 11.3 Å². The molecule has 0 radical (unpaired) electrons. The summed E-state index contributed by atoms with van der Waals surface area (Å²) in [6.07, 6.45) is 1.61. The van der Waals surface area contributed by atoms with Gasteiger partial charge in [0.25, 0.3) is 0 Å². The molecule has 0 N–H and O–H groups in total. The van der Waals surface area contributed by atoms with Crippen LogP contribution in [0.15, 0.2) is 64.5 Å². The lowest BCUT2D eigenvalue weighted by Gasteiger charge is -2.08. The highest BCUT2D eigenvalue weighted by atomic mass is 32.1. The number of benzene rings is 2. The summed E-state index contributed by atoms with van der Waals surface area (Å²) < 4.78 is 21.5. The van der Waals surface area contributed by atoms with Gasteiger partial charge in [-0.05, 0) is 18.2 Å². The summed E-state index contributed by atoms with van der Waals surface area (Å²) in [5.74, 6) is 1.60. The van der Waals surface area contributed by atoms with Crippen molar-refractivity contribution in [1.82, 2.24) is 9.97 Å². The molecule has 8 heteroatoms. The van der Waals surface area contributed by atoms with E-state index in [4.69, 9.17) is 18.6 Å². The molecule has 0 aliphatic heterocycles. The minimum atomic E-state index is -0.544. The van der Waals surface area contributed by atoms with E-state index < -0.39 is 5.97 Å². The summed E-state index contributed by atoms with van der Waals surface area (Å²) in [5.41, 5.74) is 1.94. The lowest BCUT2D eigenvalue weighted by atomic mass is 10.2. The third-order valence-corrected chi connectivity index (χ3v) is 5.17. The molecule has 7 nitrogen and oxygen atoms in total. The molecule has 0 unspecified atom stereocenters. The fourth-order valence-corrected chi connectivity index (χ4v) is 3.57. The maximum Gasteiger partial charge on any atom is 0.358 e. The zero-order chi connectivity index (χ0) is 20.9. The van der Waals surface area contributed by atoms with Crippen LogP contribution in [-0.2, 0) is 11.3 Å². The van der Waals surface area contributed by atoms with Crippen molar-refractivity contribution in [1.29, 1.82) is 0 Å².